The first-order chi connectivity index (χ1) is 18.4. The summed E-state index contributed by atoms with van der Waals surface area (Å²) in [4.78, 5) is 41.1. The van der Waals surface area contributed by atoms with Gasteiger partial charge in [-0.2, -0.15) is 4.98 Å². The van der Waals surface area contributed by atoms with E-state index in [4.69, 9.17) is 23.0 Å². The zero-order chi connectivity index (χ0) is 28.8. The number of phosphoric ester groups is 1. The molecule has 39 heavy (non-hydrogen) atoms. The van der Waals surface area contributed by atoms with E-state index in [1.165, 1.54) is 19.1 Å². The number of aliphatic hydroxyl groups is 2. The third-order valence-corrected chi connectivity index (χ3v) is 6.64. The minimum atomic E-state index is -4.64. The van der Waals surface area contributed by atoms with Crippen LogP contribution in [-0.4, -0.2) is 74.0 Å². The zero-order valence-electron chi connectivity index (χ0n) is 21.1. The van der Waals surface area contributed by atoms with Crippen molar-refractivity contribution in [1.82, 2.24) is 14.5 Å². The molecule has 0 saturated carbocycles. The Balaban J connectivity index is 1.88. The van der Waals surface area contributed by atoms with Crippen LogP contribution in [0, 0.1) is 11.8 Å². The van der Waals surface area contributed by atoms with Gasteiger partial charge in [0.15, 0.2) is 17.9 Å². The summed E-state index contributed by atoms with van der Waals surface area (Å²) in [5.74, 6) is 3.26. The molecule has 1 aromatic heterocycles. The molecule has 3 N–H and O–H groups in total. The molecular weight excluding hydrogens is 544 g/mol. The van der Waals surface area contributed by atoms with Crippen molar-refractivity contribution in [3.8, 4) is 17.6 Å². The van der Waals surface area contributed by atoms with E-state index in [1.807, 2.05) is 10.9 Å². The molecule has 1 saturated heterocycles. The normalized spacial score (nSPS) is 24.8. The number of phosphoric acid groups is 1. The van der Waals surface area contributed by atoms with Crippen LogP contribution in [0.4, 0.5) is 4.39 Å². The number of alkyl halides is 1. The summed E-state index contributed by atoms with van der Waals surface area (Å²) >= 11 is 0. The predicted octanol–water partition coefficient (Wildman–Crippen LogP) is 0.454. The number of hydrogen-bond donors (Lipinski definition) is 3. The summed E-state index contributed by atoms with van der Waals surface area (Å²) in [5, 5.41) is 21.9. The first kappa shape index (κ1) is 30.2. The van der Waals surface area contributed by atoms with Gasteiger partial charge in [-0.05, 0) is 32.9 Å². The van der Waals surface area contributed by atoms with Gasteiger partial charge in [-0.3, -0.25) is 18.6 Å². The highest BCUT2D eigenvalue weighted by Gasteiger charge is 2.57. The minimum absolute atomic E-state index is 0.0483. The number of para-hydroxylation sites is 1. The van der Waals surface area contributed by atoms with Gasteiger partial charge in [0.25, 0.3) is 0 Å². The van der Waals surface area contributed by atoms with Crippen molar-refractivity contribution in [2.24, 2.45) is 0 Å². The second-order valence-corrected chi connectivity index (χ2v) is 10.0. The Labute approximate surface area is 221 Å². The number of nitrogens with zero attached hydrogens (tertiary/aromatic N) is 2. The SMILES string of the molecule is CC(C)OC(=O)[C@H](C)OP(=O)(OC[C@H]1O[C@@H](n2cnc(=O)[nH]c2=O)[C@@](O)(C#CCF)C1O)Oc1ccccc1. The number of H-pyrrole nitrogens is 1. The maximum atomic E-state index is 13.6. The Morgan fingerprint density at radius 3 is 2.62 bits per heavy atom. The lowest BCUT2D eigenvalue weighted by Gasteiger charge is -2.26. The van der Waals surface area contributed by atoms with E-state index in [9.17, 15) is 33.6 Å². The molecule has 2 heterocycles. The number of hydrogen-bond acceptors (Lipinski definition) is 12. The van der Waals surface area contributed by atoms with Gasteiger partial charge < -0.3 is 24.2 Å². The van der Waals surface area contributed by atoms with E-state index in [2.05, 4.69) is 10.9 Å². The Bertz CT molecular complexity index is 1370. The van der Waals surface area contributed by atoms with Gasteiger partial charge in [0.1, 0.15) is 31.0 Å². The molecule has 3 rings (SSSR count). The summed E-state index contributed by atoms with van der Waals surface area (Å²) in [6, 6.07) is 7.69. The van der Waals surface area contributed by atoms with E-state index in [0.717, 1.165) is 6.33 Å². The fourth-order valence-electron chi connectivity index (χ4n) is 3.43. The number of carbonyl (C=O) groups is 1. The second-order valence-electron chi connectivity index (χ2n) is 8.50. The number of nitrogens with one attached hydrogen (secondary N) is 1. The van der Waals surface area contributed by atoms with Crippen LogP contribution in [-0.2, 0) is 27.9 Å². The Morgan fingerprint density at radius 2 is 2.00 bits per heavy atom. The van der Waals surface area contributed by atoms with Gasteiger partial charge in [-0.15, -0.1) is 0 Å². The van der Waals surface area contributed by atoms with Gasteiger partial charge in [-0.1, -0.05) is 30.0 Å². The van der Waals surface area contributed by atoms with E-state index in [0.29, 0.717) is 4.57 Å². The Morgan fingerprint density at radius 1 is 1.31 bits per heavy atom. The molecule has 16 heteroatoms. The number of esters is 1. The number of carbonyl (C=O) groups excluding carboxylic acids is 1. The molecule has 0 amide bonds. The molecule has 0 bridgehead atoms. The maximum Gasteiger partial charge on any atom is 0.530 e. The van der Waals surface area contributed by atoms with Crippen molar-refractivity contribution in [2.45, 2.75) is 57.0 Å². The van der Waals surface area contributed by atoms with Gasteiger partial charge >= 0.3 is 25.2 Å². The van der Waals surface area contributed by atoms with E-state index in [1.54, 1.807) is 32.0 Å². The predicted molar refractivity (Wildman–Crippen MR) is 130 cm³/mol. The largest absolute Gasteiger partial charge is 0.530 e. The first-order valence-electron chi connectivity index (χ1n) is 11.6. The van der Waals surface area contributed by atoms with Crippen molar-refractivity contribution in [1.29, 1.82) is 0 Å². The van der Waals surface area contributed by atoms with Crippen LogP contribution >= 0.6 is 7.82 Å². The fourth-order valence-corrected chi connectivity index (χ4v) is 4.77. The van der Waals surface area contributed by atoms with E-state index >= 15 is 0 Å². The fraction of sp³-hybridized carbons (Fsp3) is 0.478. The number of ether oxygens (including phenoxy) is 2. The van der Waals surface area contributed by atoms with Crippen LogP contribution < -0.4 is 15.9 Å². The lowest BCUT2D eigenvalue weighted by atomic mass is 9.94. The van der Waals surface area contributed by atoms with Gasteiger partial charge in [0, 0.05) is 0 Å². The van der Waals surface area contributed by atoms with E-state index < -0.39 is 74.7 Å². The molecule has 0 spiro atoms. The molecule has 1 aromatic carbocycles. The van der Waals surface area contributed by atoms with Crippen molar-refractivity contribution in [3.05, 3.63) is 57.6 Å². The van der Waals surface area contributed by atoms with Crippen LogP contribution in [0.2, 0.25) is 0 Å². The second kappa shape index (κ2) is 12.6. The summed E-state index contributed by atoms with van der Waals surface area (Å²) in [5.41, 5.74) is -4.66. The van der Waals surface area contributed by atoms with Crippen molar-refractivity contribution >= 4 is 13.8 Å². The highest BCUT2D eigenvalue weighted by molar-refractivity contribution is 7.49. The standard InChI is InChI=1S/C23H27FN3O11P/c1-14(2)35-19(29)15(3)37-39(33,38-16-8-5-4-6-9-16)34-12-17-18(28)23(32,10-7-11-24)20(36-17)27-13-25-21(30)26-22(27)31/h4-6,8-9,13-15,17-18,20,28,32H,11-12H2,1-3H3,(H,26,30,31)/t15-,17+,18?,20+,23+,39?/m0/s1. The highest BCUT2D eigenvalue weighted by Crippen LogP contribution is 2.51. The third-order valence-electron chi connectivity index (χ3n) is 5.17. The summed E-state index contributed by atoms with van der Waals surface area (Å²) in [6.07, 6.45) is -6.49. The van der Waals surface area contributed by atoms with Crippen molar-refractivity contribution in [3.63, 3.8) is 0 Å². The first-order valence-corrected chi connectivity index (χ1v) is 13.0. The number of halogens is 1. The Hall–Kier alpha value is -3.38. The summed E-state index contributed by atoms with van der Waals surface area (Å²) < 4.78 is 53.7. The van der Waals surface area contributed by atoms with Crippen LogP contribution in [0.5, 0.6) is 5.75 Å². The third kappa shape index (κ3) is 7.39. The molecule has 1 aliphatic rings. The van der Waals surface area contributed by atoms with Crippen molar-refractivity contribution < 1.29 is 47.0 Å². The number of aromatic amines is 1. The molecular formula is C23H27FN3O11P. The average molecular weight is 571 g/mol. The number of aliphatic hydroxyl groups excluding tert-OH is 1. The number of benzene rings is 1. The topological polar surface area (TPSA) is 188 Å². The lowest BCUT2D eigenvalue weighted by molar-refractivity contribution is -0.156. The monoisotopic (exact) mass is 571 g/mol. The molecule has 0 radical (unpaired) electrons. The molecule has 2 unspecified atom stereocenters. The van der Waals surface area contributed by atoms with E-state index in [-0.39, 0.29) is 5.75 Å². The molecule has 1 aliphatic heterocycles. The van der Waals surface area contributed by atoms with Crippen LogP contribution in [0.25, 0.3) is 0 Å². The van der Waals surface area contributed by atoms with Crippen LogP contribution in [0.15, 0.2) is 46.2 Å². The molecule has 14 nitrogen and oxygen atoms in total. The van der Waals surface area contributed by atoms with Gasteiger partial charge in [0.2, 0.25) is 0 Å². The summed E-state index contributed by atoms with van der Waals surface area (Å²) in [7, 11) is -4.64. The molecule has 0 aliphatic carbocycles. The summed E-state index contributed by atoms with van der Waals surface area (Å²) in [6.45, 7) is 2.46. The zero-order valence-corrected chi connectivity index (χ0v) is 21.9. The number of rotatable bonds is 10. The van der Waals surface area contributed by atoms with Crippen LogP contribution in [0.3, 0.4) is 0 Å². The maximum absolute atomic E-state index is 13.6. The van der Waals surface area contributed by atoms with Gasteiger partial charge in [0.05, 0.1) is 12.7 Å². The van der Waals surface area contributed by atoms with Crippen molar-refractivity contribution in [2.75, 3.05) is 13.3 Å². The molecule has 1 fully saturated rings. The minimum Gasteiger partial charge on any atom is -0.461 e. The highest BCUT2D eigenvalue weighted by atomic mass is 31.2. The van der Waals surface area contributed by atoms with Gasteiger partial charge in [-0.25, -0.2) is 23.3 Å². The number of aromatic nitrogens is 3. The lowest BCUT2D eigenvalue weighted by Crippen LogP contribution is -2.48. The average Bonchev–Trinajstić information content (AvgIpc) is 3.11. The Kier molecular flexibility index (Phi) is 9.78. The molecule has 2 aromatic rings. The van der Waals surface area contributed by atoms with Crippen LogP contribution in [0.1, 0.15) is 27.0 Å². The quantitative estimate of drug-likeness (QED) is 0.203. The smallest absolute Gasteiger partial charge is 0.461 e. The molecule has 6 atom stereocenters. The molecule has 212 valence electrons.